The molecule has 1 aliphatic carbocycles. The van der Waals surface area contributed by atoms with E-state index < -0.39 is 0 Å². The number of carbonyl (C=O) groups excluding carboxylic acids is 1. The van der Waals surface area contributed by atoms with Crippen LogP contribution in [0.4, 0.5) is 0 Å². The van der Waals surface area contributed by atoms with Gasteiger partial charge in [-0.05, 0) is 37.8 Å². The largest absolute Gasteiger partial charge is 0.490 e. The Morgan fingerprint density at radius 3 is 2.59 bits per heavy atom. The minimum Gasteiger partial charge on any atom is -0.490 e. The summed E-state index contributed by atoms with van der Waals surface area (Å²) < 4.78 is 10.6. The van der Waals surface area contributed by atoms with Gasteiger partial charge < -0.3 is 20.5 Å². The fourth-order valence-electron chi connectivity index (χ4n) is 2.54. The monoisotopic (exact) mass is 328 g/mol. The zero-order valence-electron chi connectivity index (χ0n) is 12.9. The molecule has 0 radical (unpaired) electrons. The minimum atomic E-state index is -0.0801. The maximum Gasteiger partial charge on any atom is 0.255 e. The van der Waals surface area contributed by atoms with Gasteiger partial charge in [-0.3, -0.25) is 4.79 Å². The van der Waals surface area contributed by atoms with E-state index in [9.17, 15) is 4.79 Å². The van der Waals surface area contributed by atoms with Gasteiger partial charge in [-0.2, -0.15) is 0 Å². The lowest BCUT2D eigenvalue weighted by Gasteiger charge is -2.27. The van der Waals surface area contributed by atoms with Crippen molar-refractivity contribution in [3.05, 3.63) is 29.8 Å². The summed E-state index contributed by atoms with van der Waals surface area (Å²) >= 11 is 0. The first kappa shape index (κ1) is 18.7. The molecule has 1 amide bonds. The van der Waals surface area contributed by atoms with Crippen molar-refractivity contribution in [1.29, 1.82) is 0 Å². The number of benzene rings is 1. The fourth-order valence-corrected chi connectivity index (χ4v) is 2.54. The highest BCUT2D eigenvalue weighted by atomic mass is 35.5. The molecule has 5 nitrogen and oxygen atoms in total. The first-order chi connectivity index (χ1) is 10.2. The highest BCUT2D eigenvalue weighted by molar-refractivity contribution is 5.97. The molecular weight excluding hydrogens is 304 g/mol. The molecule has 22 heavy (non-hydrogen) atoms. The Morgan fingerprint density at radius 1 is 1.23 bits per heavy atom. The second-order valence-corrected chi connectivity index (χ2v) is 5.42. The molecule has 2 rings (SSSR count). The van der Waals surface area contributed by atoms with Gasteiger partial charge in [0.05, 0.1) is 12.2 Å². The average Bonchev–Trinajstić information content (AvgIpc) is 2.50. The Bertz CT molecular complexity index is 462. The van der Waals surface area contributed by atoms with Crippen LogP contribution in [0.25, 0.3) is 0 Å². The second kappa shape index (κ2) is 9.66. The first-order valence-electron chi connectivity index (χ1n) is 7.48. The number of nitrogens with two attached hydrogens (primary N) is 1. The van der Waals surface area contributed by atoms with E-state index in [1.165, 1.54) is 0 Å². The molecule has 1 aromatic rings. The molecule has 0 aromatic heterocycles. The minimum absolute atomic E-state index is 0. The summed E-state index contributed by atoms with van der Waals surface area (Å²) in [5.41, 5.74) is 6.46. The van der Waals surface area contributed by atoms with Gasteiger partial charge in [0, 0.05) is 19.2 Å². The molecule has 0 saturated heterocycles. The number of hydrogen-bond donors (Lipinski definition) is 2. The molecule has 1 fully saturated rings. The zero-order chi connectivity index (χ0) is 15.1. The lowest BCUT2D eigenvalue weighted by molar-refractivity contribution is 0.0918. The van der Waals surface area contributed by atoms with Gasteiger partial charge in [0.25, 0.3) is 5.91 Å². The third kappa shape index (κ3) is 5.48. The normalized spacial score (nSPS) is 20.8. The summed E-state index contributed by atoms with van der Waals surface area (Å²) in [6, 6.07) is 7.79. The van der Waals surface area contributed by atoms with E-state index in [0.717, 1.165) is 25.7 Å². The predicted molar refractivity (Wildman–Crippen MR) is 88.8 cm³/mol. The van der Waals surface area contributed by atoms with Gasteiger partial charge in [0.15, 0.2) is 0 Å². The highest BCUT2D eigenvalue weighted by Crippen LogP contribution is 2.21. The lowest BCUT2D eigenvalue weighted by Crippen LogP contribution is -2.40. The molecule has 0 atom stereocenters. The molecule has 6 heteroatoms. The van der Waals surface area contributed by atoms with Crippen LogP contribution in [0.3, 0.4) is 0 Å². The highest BCUT2D eigenvalue weighted by Gasteiger charge is 2.21. The molecule has 1 saturated carbocycles. The molecule has 124 valence electrons. The number of para-hydroxylation sites is 1. The van der Waals surface area contributed by atoms with Gasteiger partial charge >= 0.3 is 0 Å². The van der Waals surface area contributed by atoms with Crippen molar-refractivity contribution in [3.8, 4) is 5.75 Å². The fraction of sp³-hybridized carbons (Fsp3) is 0.562. The molecular formula is C16H25ClN2O3. The van der Waals surface area contributed by atoms with Crippen molar-refractivity contribution >= 4 is 18.3 Å². The van der Waals surface area contributed by atoms with Crippen molar-refractivity contribution < 1.29 is 14.3 Å². The second-order valence-electron chi connectivity index (χ2n) is 5.42. The predicted octanol–water partition coefficient (Wildman–Crippen LogP) is 2.13. The summed E-state index contributed by atoms with van der Waals surface area (Å²) in [6.07, 6.45) is 3.83. The summed E-state index contributed by atoms with van der Waals surface area (Å²) in [5, 5.41) is 3.08. The van der Waals surface area contributed by atoms with Gasteiger partial charge in [0.2, 0.25) is 0 Å². The molecule has 0 aliphatic heterocycles. The van der Waals surface area contributed by atoms with Crippen molar-refractivity contribution in [2.75, 3.05) is 20.3 Å². The van der Waals surface area contributed by atoms with Crippen molar-refractivity contribution in [1.82, 2.24) is 5.32 Å². The van der Waals surface area contributed by atoms with E-state index in [1.807, 2.05) is 12.1 Å². The van der Waals surface area contributed by atoms with Crippen LogP contribution in [-0.2, 0) is 4.74 Å². The summed E-state index contributed by atoms with van der Waals surface area (Å²) in [5.74, 6) is 0.517. The van der Waals surface area contributed by atoms with Crippen molar-refractivity contribution in [3.63, 3.8) is 0 Å². The maximum absolute atomic E-state index is 12.4. The van der Waals surface area contributed by atoms with Crippen LogP contribution in [-0.4, -0.2) is 38.3 Å². The van der Waals surface area contributed by atoms with Crippen LogP contribution in [0, 0.1) is 0 Å². The molecule has 0 bridgehead atoms. The number of ether oxygens (including phenoxy) is 2. The van der Waals surface area contributed by atoms with E-state index >= 15 is 0 Å². The smallest absolute Gasteiger partial charge is 0.255 e. The lowest BCUT2D eigenvalue weighted by atomic mass is 9.91. The van der Waals surface area contributed by atoms with E-state index in [4.69, 9.17) is 15.2 Å². The topological polar surface area (TPSA) is 73.6 Å². The van der Waals surface area contributed by atoms with Crippen LogP contribution in [0.15, 0.2) is 24.3 Å². The van der Waals surface area contributed by atoms with Crippen LogP contribution < -0.4 is 15.8 Å². The van der Waals surface area contributed by atoms with E-state index in [2.05, 4.69) is 5.32 Å². The first-order valence-corrected chi connectivity index (χ1v) is 7.48. The average molecular weight is 329 g/mol. The molecule has 1 aliphatic rings. The Kier molecular flexibility index (Phi) is 8.24. The van der Waals surface area contributed by atoms with Crippen molar-refractivity contribution in [2.24, 2.45) is 5.73 Å². The Balaban J connectivity index is 0.00000242. The number of rotatable bonds is 6. The van der Waals surface area contributed by atoms with Gasteiger partial charge in [-0.25, -0.2) is 0 Å². The van der Waals surface area contributed by atoms with Gasteiger partial charge in [-0.15, -0.1) is 12.4 Å². The number of hydrogen-bond acceptors (Lipinski definition) is 4. The molecule has 0 spiro atoms. The van der Waals surface area contributed by atoms with Crippen molar-refractivity contribution in [2.45, 2.75) is 37.8 Å². The summed E-state index contributed by atoms with van der Waals surface area (Å²) in [7, 11) is 1.62. The molecule has 1 aromatic carbocycles. The van der Waals surface area contributed by atoms with Crippen LogP contribution in [0.2, 0.25) is 0 Å². The third-order valence-corrected chi connectivity index (χ3v) is 3.78. The number of halogens is 1. The number of nitrogens with one attached hydrogen (secondary N) is 1. The van der Waals surface area contributed by atoms with Crippen LogP contribution >= 0.6 is 12.4 Å². The SMILES string of the molecule is COCCOc1ccccc1C(=O)NC1CCC(N)CC1.Cl. The zero-order valence-corrected chi connectivity index (χ0v) is 13.7. The van der Waals surface area contributed by atoms with Crippen LogP contribution in [0.1, 0.15) is 36.0 Å². The van der Waals surface area contributed by atoms with E-state index in [1.54, 1.807) is 19.2 Å². The molecule has 0 heterocycles. The standard InChI is InChI=1S/C16H24N2O3.ClH/c1-20-10-11-21-15-5-3-2-4-14(15)16(19)18-13-8-6-12(17)7-9-13;/h2-5,12-13H,6-11,17H2,1H3,(H,18,19);1H. The number of methoxy groups -OCH3 is 1. The Labute approximate surface area is 138 Å². The third-order valence-electron chi connectivity index (χ3n) is 3.78. The molecule has 0 unspecified atom stereocenters. The number of amides is 1. The summed E-state index contributed by atoms with van der Waals surface area (Å²) in [4.78, 5) is 12.4. The Morgan fingerprint density at radius 2 is 1.91 bits per heavy atom. The Hall–Kier alpha value is -1.30. The summed E-state index contributed by atoms with van der Waals surface area (Å²) in [6.45, 7) is 0.926. The van der Waals surface area contributed by atoms with E-state index in [-0.39, 0.29) is 30.4 Å². The number of carbonyl (C=O) groups is 1. The quantitative estimate of drug-likeness (QED) is 0.785. The van der Waals surface area contributed by atoms with Crippen LogP contribution in [0.5, 0.6) is 5.75 Å². The molecule has 3 N–H and O–H groups in total. The maximum atomic E-state index is 12.4. The van der Waals surface area contributed by atoms with Gasteiger partial charge in [-0.1, -0.05) is 12.1 Å². The van der Waals surface area contributed by atoms with Gasteiger partial charge in [0.1, 0.15) is 12.4 Å². The van der Waals surface area contributed by atoms with E-state index in [0.29, 0.717) is 24.5 Å².